The predicted octanol–water partition coefficient (Wildman–Crippen LogP) is 4.49. The standard InChI is InChI=1S/C18H25NO/c1-4-6-7-14-8-10-15(11-9-14)18(19-3)16-12-13-20-17(16)5-2/h8-13,18-19H,4-7H2,1-3H3. The van der Waals surface area contributed by atoms with E-state index in [0.717, 1.165) is 12.2 Å². The number of rotatable bonds is 7. The maximum Gasteiger partial charge on any atom is 0.108 e. The van der Waals surface area contributed by atoms with Crippen LogP contribution in [-0.4, -0.2) is 7.05 Å². The van der Waals surface area contributed by atoms with Crippen LogP contribution in [-0.2, 0) is 12.8 Å². The van der Waals surface area contributed by atoms with E-state index in [4.69, 9.17) is 4.42 Å². The highest BCUT2D eigenvalue weighted by Gasteiger charge is 2.17. The van der Waals surface area contributed by atoms with Crippen molar-refractivity contribution in [2.24, 2.45) is 0 Å². The fourth-order valence-corrected chi connectivity index (χ4v) is 2.65. The summed E-state index contributed by atoms with van der Waals surface area (Å²) in [4.78, 5) is 0. The molecule has 0 aliphatic heterocycles. The fraction of sp³-hybridized carbons (Fsp3) is 0.444. The van der Waals surface area contributed by atoms with Gasteiger partial charge in [-0.3, -0.25) is 0 Å². The third kappa shape index (κ3) is 3.31. The Labute approximate surface area is 122 Å². The smallest absolute Gasteiger partial charge is 0.108 e. The number of aryl methyl sites for hydroxylation is 2. The van der Waals surface area contributed by atoms with E-state index in [2.05, 4.69) is 49.5 Å². The molecule has 1 atom stereocenters. The number of hydrogen-bond donors (Lipinski definition) is 1. The van der Waals surface area contributed by atoms with Crippen LogP contribution in [0.15, 0.2) is 41.0 Å². The summed E-state index contributed by atoms with van der Waals surface area (Å²) in [6.07, 6.45) is 6.39. The van der Waals surface area contributed by atoms with Gasteiger partial charge in [0.2, 0.25) is 0 Å². The number of unbranched alkanes of at least 4 members (excludes halogenated alkanes) is 1. The maximum atomic E-state index is 5.55. The van der Waals surface area contributed by atoms with Gasteiger partial charge >= 0.3 is 0 Å². The van der Waals surface area contributed by atoms with Crippen LogP contribution in [0.25, 0.3) is 0 Å². The molecular weight excluding hydrogens is 246 g/mol. The molecule has 2 nitrogen and oxygen atoms in total. The van der Waals surface area contributed by atoms with E-state index < -0.39 is 0 Å². The van der Waals surface area contributed by atoms with Gasteiger partial charge in [0, 0.05) is 12.0 Å². The zero-order valence-corrected chi connectivity index (χ0v) is 12.8. The van der Waals surface area contributed by atoms with Crippen molar-refractivity contribution < 1.29 is 4.42 Å². The zero-order chi connectivity index (χ0) is 14.4. The lowest BCUT2D eigenvalue weighted by atomic mass is 9.96. The molecule has 1 heterocycles. The molecule has 0 spiro atoms. The second kappa shape index (κ2) is 7.30. The molecular formula is C18H25NO. The van der Waals surface area contributed by atoms with Crippen molar-refractivity contribution in [1.82, 2.24) is 5.32 Å². The van der Waals surface area contributed by atoms with Gasteiger partial charge in [0.15, 0.2) is 0 Å². The normalized spacial score (nSPS) is 12.6. The molecule has 0 fully saturated rings. The first-order valence-corrected chi connectivity index (χ1v) is 7.62. The minimum atomic E-state index is 0.212. The Bertz CT molecular complexity index is 512. The summed E-state index contributed by atoms with van der Waals surface area (Å²) in [6.45, 7) is 4.36. The molecule has 20 heavy (non-hydrogen) atoms. The van der Waals surface area contributed by atoms with E-state index in [1.54, 1.807) is 6.26 Å². The zero-order valence-electron chi connectivity index (χ0n) is 12.8. The van der Waals surface area contributed by atoms with Crippen LogP contribution in [0.2, 0.25) is 0 Å². The van der Waals surface area contributed by atoms with E-state index in [1.807, 2.05) is 7.05 Å². The summed E-state index contributed by atoms with van der Waals surface area (Å²) < 4.78 is 5.55. The highest BCUT2D eigenvalue weighted by molar-refractivity contribution is 5.35. The van der Waals surface area contributed by atoms with Crippen molar-refractivity contribution in [1.29, 1.82) is 0 Å². The van der Waals surface area contributed by atoms with E-state index in [9.17, 15) is 0 Å². The Kier molecular flexibility index (Phi) is 5.42. The Morgan fingerprint density at radius 3 is 2.45 bits per heavy atom. The third-order valence-corrected chi connectivity index (χ3v) is 3.83. The Balaban J connectivity index is 2.19. The summed E-state index contributed by atoms with van der Waals surface area (Å²) in [6, 6.07) is 11.3. The summed E-state index contributed by atoms with van der Waals surface area (Å²) in [5.74, 6) is 1.07. The monoisotopic (exact) mass is 271 g/mol. The number of benzene rings is 1. The number of hydrogen-bond acceptors (Lipinski definition) is 2. The highest BCUT2D eigenvalue weighted by Crippen LogP contribution is 2.26. The molecule has 2 aromatic rings. The van der Waals surface area contributed by atoms with Gasteiger partial charge in [-0.25, -0.2) is 0 Å². The molecule has 1 aromatic carbocycles. The molecule has 2 heteroatoms. The van der Waals surface area contributed by atoms with E-state index in [0.29, 0.717) is 0 Å². The maximum absolute atomic E-state index is 5.55. The van der Waals surface area contributed by atoms with Gasteiger partial charge in [-0.15, -0.1) is 0 Å². The Morgan fingerprint density at radius 2 is 1.85 bits per heavy atom. The summed E-state index contributed by atoms with van der Waals surface area (Å²) in [5, 5.41) is 3.40. The summed E-state index contributed by atoms with van der Waals surface area (Å²) >= 11 is 0. The quantitative estimate of drug-likeness (QED) is 0.802. The lowest BCUT2D eigenvalue weighted by Crippen LogP contribution is -2.18. The van der Waals surface area contributed by atoms with Gasteiger partial charge < -0.3 is 9.73 Å². The molecule has 1 unspecified atom stereocenters. The third-order valence-electron chi connectivity index (χ3n) is 3.83. The van der Waals surface area contributed by atoms with Crippen LogP contribution < -0.4 is 5.32 Å². The lowest BCUT2D eigenvalue weighted by Gasteiger charge is -2.17. The molecule has 0 amide bonds. The fourth-order valence-electron chi connectivity index (χ4n) is 2.65. The average Bonchev–Trinajstić information content (AvgIpc) is 2.95. The largest absolute Gasteiger partial charge is 0.469 e. The molecule has 0 bridgehead atoms. The first-order valence-electron chi connectivity index (χ1n) is 7.62. The van der Waals surface area contributed by atoms with Crippen molar-refractivity contribution in [2.75, 3.05) is 7.05 Å². The van der Waals surface area contributed by atoms with Crippen LogP contribution in [0.1, 0.15) is 55.2 Å². The van der Waals surface area contributed by atoms with E-state index >= 15 is 0 Å². The lowest BCUT2D eigenvalue weighted by molar-refractivity contribution is 0.505. The second-order valence-corrected chi connectivity index (χ2v) is 5.22. The number of nitrogens with one attached hydrogen (secondary N) is 1. The van der Waals surface area contributed by atoms with Crippen molar-refractivity contribution in [3.8, 4) is 0 Å². The van der Waals surface area contributed by atoms with Crippen molar-refractivity contribution in [2.45, 2.75) is 45.6 Å². The van der Waals surface area contributed by atoms with Gasteiger partial charge in [-0.2, -0.15) is 0 Å². The molecule has 1 aromatic heterocycles. The predicted molar refractivity (Wildman–Crippen MR) is 84.0 cm³/mol. The topological polar surface area (TPSA) is 25.2 Å². The molecule has 2 rings (SSSR count). The molecule has 0 saturated carbocycles. The molecule has 1 N–H and O–H groups in total. The molecule has 0 aliphatic rings. The molecule has 108 valence electrons. The minimum absolute atomic E-state index is 0.212. The first-order chi connectivity index (χ1) is 9.80. The van der Waals surface area contributed by atoms with Crippen LogP contribution in [0.3, 0.4) is 0 Å². The van der Waals surface area contributed by atoms with Gasteiger partial charge in [-0.05, 0) is 37.1 Å². The average molecular weight is 271 g/mol. The van der Waals surface area contributed by atoms with Gasteiger partial charge in [0.25, 0.3) is 0 Å². The van der Waals surface area contributed by atoms with Crippen LogP contribution in [0, 0.1) is 0 Å². The van der Waals surface area contributed by atoms with Crippen LogP contribution in [0.5, 0.6) is 0 Å². The first kappa shape index (κ1) is 14.9. The highest BCUT2D eigenvalue weighted by atomic mass is 16.3. The van der Waals surface area contributed by atoms with Gasteiger partial charge in [0.1, 0.15) is 5.76 Å². The van der Waals surface area contributed by atoms with Crippen LogP contribution in [0.4, 0.5) is 0 Å². The van der Waals surface area contributed by atoms with Crippen molar-refractivity contribution in [3.05, 3.63) is 59.0 Å². The Morgan fingerprint density at radius 1 is 1.10 bits per heavy atom. The van der Waals surface area contributed by atoms with Gasteiger partial charge in [-0.1, -0.05) is 44.5 Å². The molecule has 0 saturated heterocycles. The molecule has 0 radical (unpaired) electrons. The van der Waals surface area contributed by atoms with Crippen LogP contribution >= 0.6 is 0 Å². The van der Waals surface area contributed by atoms with Crippen molar-refractivity contribution >= 4 is 0 Å². The Hall–Kier alpha value is -1.54. The molecule has 0 aliphatic carbocycles. The summed E-state index contributed by atoms with van der Waals surface area (Å²) in [5.41, 5.74) is 3.97. The second-order valence-electron chi connectivity index (χ2n) is 5.22. The van der Waals surface area contributed by atoms with Crippen molar-refractivity contribution in [3.63, 3.8) is 0 Å². The van der Waals surface area contributed by atoms with E-state index in [1.165, 1.54) is 36.0 Å². The SMILES string of the molecule is CCCCc1ccc(C(NC)c2ccoc2CC)cc1. The number of furan rings is 1. The minimum Gasteiger partial charge on any atom is -0.469 e. The summed E-state index contributed by atoms with van der Waals surface area (Å²) in [7, 11) is 2.00. The van der Waals surface area contributed by atoms with E-state index in [-0.39, 0.29) is 6.04 Å². The van der Waals surface area contributed by atoms with Gasteiger partial charge in [0.05, 0.1) is 12.3 Å².